The SMILES string of the molecule is CCCNCCNC(=O)c1nc2nccc(C)n2n1.Cl.Cl. The van der Waals surface area contributed by atoms with Crippen LogP contribution in [0.4, 0.5) is 0 Å². The van der Waals surface area contributed by atoms with Crippen molar-refractivity contribution in [1.82, 2.24) is 30.2 Å². The van der Waals surface area contributed by atoms with Crippen molar-refractivity contribution >= 4 is 36.5 Å². The van der Waals surface area contributed by atoms with Crippen LogP contribution in [-0.2, 0) is 0 Å². The number of amides is 1. The topological polar surface area (TPSA) is 84.2 Å². The Morgan fingerprint density at radius 3 is 2.71 bits per heavy atom. The highest BCUT2D eigenvalue weighted by atomic mass is 35.5. The third-order valence-electron chi connectivity index (χ3n) is 2.65. The molecule has 21 heavy (non-hydrogen) atoms. The van der Waals surface area contributed by atoms with Crippen LogP contribution >= 0.6 is 24.8 Å². The molecule has 0 saturated carbocycles. The Hall–Kier alpha value is -1.44. The van der Waals surface area contributed by atoms with E-state index in [1.807, 2.05) is 13.0 Å². The first kappa shape index (κ1) is 19.6. The number of hydrogen-bond donors (Lipinski definition) is 2. The van der Waals surface area contributed by atoms with E-state index in [2.05, 4.69) is 32.6 Å². The van der Waals surface area contributed by atoms with E-state index in [-0.39, 0.29) is 36.5 Å². The quantitative estimate of drug-likeness (QED) is 0.770. The van der Waals surface area contributed by atoms with Crippen LogP contribution in [0.25, 0.3) is 5.78 Å². The van der Waals surface area contributed by atoms with Crippen LogP contribution in [0.5, 0.6) is 0 Å². The zero-order valence-corrected chi connectivity index (χ0v) is 13.6. The lowest BCUT2D eigenvalue weighted by Gasteiger charge is -2.03. The summed E-state index contributed by atoms with van der Waals surface area (Å²) < 4.78 is 1.56. The van der Waals surface area contributed by atoms with Crippen molar-refractivity contribution in [3.63, 3.8) is 0 Å². The smallest absolute Gasteiger partial charge is 0.291 e. The average Bonchev–Trinajstić information content (AvgIpc) is 2.84. The van der Waals surface area contributed by atoms with E-state index < -0.39 is 0 Å². The van der Waals surface area contributed by atoms with Crippen molar-refractivity contribution in [2.24, 2.45) is 0 Å². The normalized spacial score (nSPS) is 9.81. The highest BCUT2D eigenvalue weighted by Crippen LogP contribution is 2.01. The molecule has 0 bridgehead atoms. The van der Waals surface area contributed by atoms with E-state index in [4.69, 9.17) is 0 Å². The number of aryl methyl sites for hydroxylation is 1. The van der Waals surface area contributed by atoms with Gasteiger partial charge in [0, 0.05) is 25.0 Å². The molecule has 0 atom stereocenters. The number of rotatable bonds is 6. The maximum absolute atomic E-state index is 11.9. The molecule has 2 aromatic heterocycles. The highest BCUT2D eigenvalue weighted by molar-refractivity contribution is 5.90. The lowest BCUT2D eigenvalue weighted by Crippen LogP contribution is -2.32. The molecule has 2 N–H and O–H groups in total. The van der Waals surface area contributed by atoms with Gasteiger partial charge in [-0.2, -0.15) is 4.98 Å². The number of carbonyl (C=O) groups is 1. The number of fused-ring (bicyclic) bond motifs is 1. The van der Waals surface area contributed by atoms with Gasteiger partial charge in [0.25, 0.3) is 11.7 Å². The van der Waals surface area contributed by atoms with Gasteiger partial charge in [0.2, 0.25) is 5.82 Å². The molecule has 0 radical (unpaired) electrons. The average molecular weight is 335 g/mol. The first-order chi connectivity index (χ1) is 9.22. The van der Waals surface area contributed by atoms with Gasteiger partial charge in [-0.1, -0.05) is 6.92 Å². The Morgan fingerprint density at radius 2 is 2.05 bits per heavy atom. The first-order valence-electron chi connectivity index (χ1n) is 6.39. The summed E-state index contributed by atoms with van der Waals surface area (Å²) in [5.41, 5.74) is 0.890. The van der Waals surface area contributed by atoms with Crippen LogP contribution in [0.2, 0.25) is 0 Å². The molecule has 2 aromatic rings. The zero-order chi connectivity index (χ0) is 13.7. The number of aromatic nitrogens is 4. The molecule has 0 aliphatic rings. The van der Waals surface area contributed by atoms with E-state index in [0.717, 1.165) is 25.2 Å². The molecule has 0 aliphatic heterocycles. The summed E-state index contributed by atoms with van der Waals surface area (Å²) in [6.45, 7) is 6.23. The largest absolute Gasteiger partial charge is 0.348 e. The summed E-state index contributed by atoms with van der Waals surface area (Å²) in [5, 5.41) is 10.1. The third-order valence-corrected chi connectivity index (χ3v) is 2.65. The molecule has 2 heterocycles. The van der Waals surface area contributed by atoms with Crippen molar-refractivity contribution in [3.05, 3.63) is 23.8 Å². The van der Waals surface area contributed by atoms with E-state index in [9.17, 15) is 4.79 Å². The predicted molar refractivity (Wildman–Crippen MR) is 85.5 cm³/mol. The monoisotopic (exact) mass is 334 g/mol. The molecule has 0 spiro atoms. The Balaban J connectivity index is 0.00000200. The van der Waals surface area contributed by atoms with Gasteiger partial charge in [-0.25, -0.2) is 9.50 Å². The minimum absolute atomic E-state index is 0. The minimum atomic E-state index is -0.275. The molecule has 0 aromatic carbocycles. The van der Waals surface area contributed by atoms with Gasteiger partial charge in [0.1, 0.15) is 0 Å². The van der Waals surface area contributed by atoms with Crippen LogP contribution in [0.1, 0.15) is 29.7 Å². The van der Waals surface area contributed by atoms with E-state index in [1.165, 1.54) is 0 Å². The van der Waals surface area contributed by atoms with E-state index >= 15 is 0 Å². The summed E-state index contributed by atoms with van der Waals surface area (Å²) >= 11 is 0. The molecule has 1 amide bonds. The van der Waals surface area contributed by atoms with Crippen LogP contribution in [-0.4, -0.2) is 45.1 Å². The van der Waals surface area contributed by atoms with Gasteiger partial charge in [-0.15, -0.1) is 29.9 Å². The molecule has 0 fully saturated rings. The van der Waals surface area contributed by atoms with Gasteiger partial charge in [-0.05, 0) is 26.0 Å². The number of halogens is 2. The maximum Gasteiger partial charge on any atom is 0.291 e. The fourth-order valence-electron chi connectivity index (χ4n) is 1.65. The number of carbonyl (C=O) groups excluding carboxylic acids is 1. The van der Waals surface area contributed by atoms with Gasteiger partial charge >= 0.3 is 0 Å². The summed E-state index contributed by atoms with van der Waals surface area (Å²) in [6.07, 6.45) is 2.72. The number of nitrogens with zero attached hydrogens (tertiary/aromatic N) is 4. The molecule has 0 unspecified atom stereocenters. The summed E-state index contributed by atoms with van der Waals surface area (Å²) in [6, 6.07) is 1.82. The number of nitrogens with one attached hydrogen (secondary N) is 2. The molecular formula is C12H20Cl2N6O. The van der Waals surface area contributed by atoms with Crippen LogP contribution in [0, 0.1) is 6.92 Å². The fraction of sp³-hybridized carbons (Fsp3) is 0.500. The lowest BCUT2D eigenvalue weighted by atomic mass is 10.4. The lowest BCUT2D eigenvalue weighted by molar-refractivity contribution is 0.0944. The Bertz CT molecular complexity index is 574. The predicted octanol–water partition coefficient (Wildman–Crippen LogP) is 1.01. The number of hydrogen-bond acceptors (Lipinski definition) is 5. The third kappa shape index (κ3) is 5.11. The second-order valence-electron chi connectivity index (χ2n) is 4.24. The second kappa shape index (κ2) is 9.49. The Kier molecular flexibility index (Phi) is 8.84. The van der Waals surface area contributed by atoms with Crippen molar-refractivity contribution in [3.8, 4) is 0 Å². The van der Waals surface area contributed by atoms with Gasteiger partial charge < -0.3 is 10.6 Å². The van der Waals surface area contributed by atoms with Crippen LogP contribution < -0.4 is 10.6 Å². The Morgan fingerprint density at radius 1 is 1.29 bits per heavy atom. The summed E-state index contributed by atoms with van der Waals surface area (Å²) in [7, 11) is 0. The van der Waals surface area contributed by atoms with E-state index in [0.29, 0.717) is 12.3 Å². The minimum Gasteiger partial charge on any atom is -0.348 e. The first-order valence-corrected chi connectivity index (χ1v) is 6.39. The van der Waals surface area contributed by atoms with Gasteiger partial charge in [-0.3, -0.25) is 4.79 Å². The van der Waals surface area contributed by atoms with Crippen LogP contribution in [0.3, 0.4) is 0 Å². The van der Waals surface area contributed by atoms with Crippen molar-refractivity contribution in [2.45, 2.75) is 20.3 Å². The van der Waals surface area contributed by atoms with Crippen molar-refractivity contribution in [1.29, 1.82) is 0 Å². The molecule has 7 nitrogen and oxygen atoms in total. The van der Waals surface area contributed by atoms with Crippen molar-refractivity contribution < 1.29 is 4.79 Å². The highest BCUT2D eigenvalue weighted by Gasteiger charge is 2.13. The molecule has 118 valence electrons. The maximum atomic E-state index is 11.9. The van der Waals surface area contributed by atoms with Gasteiger partial charge in [0.15, 0.2) is 0 Å². The second-order valence-corrected chi connectivity index (χ2v) is 4.24. The molecular weight excluding hydrogens is 315 g/mol. The molecule has 0 saturated heterocycles. The summed E-state index contributed by atoms with van der Waals surface area (Å²) in [4.78, 5) is 20.0. The van der Waals surface area contributed by atoms with Gasteiger partial charge in [0.05, 0.1) is 0 Å². The standard InChI is InChI=1S/C12H18N6O.2ClH/c1-3-5-13-7-8-14-11(19)10-16-12-15-6-4-9(2)18(12)17-10;;/h4,6,13H,3,5,7-8H2,1-2H3,(H,14,19);2*1H. The van der Waals surface area contributed by atoms with E-state index in [1.54, 1.807) is 10.7 Å². The van der Waals surface area contributed by atoms with Crippen LogP contribution in [0.15, 0.2) is 12.3 Å². The molecule has 2 rings (SSSR count). The Labute approximate surface area is 135 Å². The zero-order valence-electron chi connectivity index (χ0n) is 12.0. The van der Waals surface area contributed by atoms with Crippen molar-refractivity contribution in [2.75, 3.05) is 19.6 Å². The molecule has 0 aliphatic carbocycles. The fourth-order valence-corrected chi connectivity index (χ4v) is 1.65. The summed E-state index contributed by atoms with van der Waals surface area (Å²) in [5.74, 6) is 0.315. The molecule has 9 heteroatoms.